The van der Waals surface area contributed by atoms with Gasteiger partial charge in [0.15, 0.2) is 0 Å². The van der Waals surface area contributed by atoms with E-state index in [1.807, 2.05) is 12.1 Å². The van der Waals surface area contributed by atoms with E-state index in [-0.39, 0.29) is 11.3 Å². The minimum Gasteiger partial charge on any atom is -0.507 e. The number of benzene rings is 2. The highest BCUT2D eigenvalue weighted by molar-refractivity contribution is 5.90. The molecule has 0 spiro atoms. The zero-order chi connectivity index (χ0) is 18.4. The van der Waals surface area contributed by atoms with Crippen LogP contribution in [0.15, 0.2) is 42.5 Å². The van der Waals surface area contributed by atoms with E-state index in [4.69, 9.17) is 14.6 Å². The summed E-state index contributed by atoms with van der Waals surface area (Å²) in [5, 5.41) is 18.6. The van der Waals surface area contributed by atoms with Crippen molar-refractivity contribution in [1.29, 1.82) is 0 Å². The van der Waals surface area contributed by atoms with Crippen LogP contribution in [0.1, 0.15) is 53.9 Å². The number of carboxylic acid groups (broad SMARTS) is 1. The predicted molar refractivity (Wildman–Crippen MR) is 98.3 cm³/mol. The summed E-state index contributed by atoms with van der Waals surface area (Å²) < 4.78 is 11.5. The summed E-state index contributed by atoms with van der Waals surface area (Å²) in [5.41, 5.74) is 1.13. The quantitative estimate of drug-likeness (QED) is 0.709. The first-order valence-corrected chi connectivity index (χ1v) is 9.06. The molecule has 0 amide bonds. The molecule has 0 saturated heterocycles. The Morgan fingerprint density at radius 1 is 1.00 bits per heavy atom. The molecule has 0 aliphatic heterocycles. The van der Waals surface area contributed by atoms with Gasteiger partial charge in [0.05, 0.1) is 0 Å². The fourth-order valence-corrected chi connectivity index (χ4v) is 3.46. The molecule has 1 saturated carbocycles. The van der Waals surface area contributed by atoms with Gasteiger partial charge in [-0.1, -0.05) is 37.5 Å². The van der Waals surface area contributed by atoms with E-state index >= 15 is 0 Å². The Labute approximate surface area is 153 Å². The second-order valence-corrected chi connectivity index (χ2v) is 6.55. The van der Waals surface area contributed by atoms with Gasteiger partial charge in [-0.15, -0.1) is 0 Å². The van der Waals surface area contributed by atoms with Gasteiger partial charge in [0, 0.05) is 6.07 Å². The third kappa shape index (κ3) is 4.48. The molecule has 5 heteroatoms. The lowest BCUT2D eigenvalue weighted by atomic mass is 9.84. The number of hydrogen-bond acceptors (Lipinski definition) is 4. The summed E-state index contributed by atoms with van der Waals surface area (Å²) in [6, 6.07) is 12.3. The van der Waals surface area contributed by atoms with Gasteiger partial charge in [-0.3, -0.25) is 0 Å². The molecule has 2 N–H and O–H groups in total. The monoisotopic (exact) mass is 356 g/mol. The van der Waals surface area contributed by atoms with E-state index in [0.717, 1.165) is 5.75 Å². The number of carbonyl (C=O) groups is 1. The molecule has 1 aliphatic carbocycles. The summed E-state index contributed by atoms with van der Waals surface area (Å²) in [7, 11) is 0. The zero-order valence-electron chi connectivity index (χ0n) is 14.7. The Balaban J connectivity index is 1.54. The van der Waals surface area contributed by atoms with Crippen molar-refractivity contribution in [3.05, 3.63) is 53.6 Å². The molecule has 0 bridgehead atoms. The topological polar surface area (TPSA) is 76.0 Å². The minimum absolute atomic E-state index is 0.144. The number of hydrogen-bond donors (Lipinski definition) is 2. The first-order chi connectivity index (χ1) is 12.6. The first kappa shape index (κ1) is 18.1. The molecule has 2 aromatic rings. The summed E-state index contributed by atoms with van der Waals surface area (Å²) in [6.45, 7) is 0.691. The first-order valence-electron chi connectivity index (χ1n) is 9.06. The van der Waals surface area contributed by atoms with Gasteiger partial charge in [-0.05, 0) is 42.5 Å². The maximum Gasteiger partial charge on any atom is 0.339 e. The number of aromatic carboxylic acids is 1. The fraction of sp³-hybridized carbons (Fsp3) is 0.381. The van der Waals surface area contributed by atoms with Crippen LogP contribution >= 0.6 is 0 Å². The zero-order valence-corrected chi connectivity index (χ0v) is 14.7. The largest absolute Gasteiger partial charge is 0.507 e. The van der Waals surface area contributed by atoms with Gasteiger partial charge in [0.25, 0.3) is 0 Å². The Morgan fingerprint density at radius 2 is 1.73 bits per heavy atom. The lowest BCUT2D eigenvalue weighted by molar-refractivity contribution is 0.0693. The molecular formula is C21H24O5. The second-order valence-electron chi connectivity index (χ2n) is 6.55. The van der Waals surface area contributed by atoms with E-state index < -0.39 is 5.97 Å². The summed E-state index contributed by atoms with van der Waals surface area (Å²) in [6.07, 6.45) is 6.30. The van der Waals surface area contributed by atoms with Crippen LogP contribution in [-0.2, 0) is 0 Å². The van der Waals surface area contributed by atoms with E-state index in [9.17, 15) is 9.90 Å². The van der Waals surface area contributed by atoms with Gasteiger partial charge in [0.2, 0.25) is 0 Å². The van der Waals surface area contributed by atoms with E-state index in [2.05, 4.69) is 12.1 Å². The molecule has 0 aromatic heterocycles. The summed E-state index contributed by atoms with van der Waals surface area (Å²) in [5.74, 6) is 0.417. The van der Waals surface area contributed by atoms with Crippen molar-refractivity contribution in [1.82, 2.24) is 0 Å². The summed E-state index contributed by atoms with van der Waals surface area (Å²) in [4.78, 5) is 10.9. The maximum absolute atomic E-state index is 10.9. The van der Waals surface area contributed by atoms with Gasteiger partial charge < -0.3 is 19.7 Å². The Bertz CT molecular complexity index is 750. The standard InChI is InChI=1S/C21H24O5/c22-19-14-16(10-11-18(19)21(23)24)25-12-13-26-20-9-5-4-8-17(20)15-6-2-1-3-7-15/h4-5,8-11,14-15,22H,1-3,6-7,12-13H2,(H,23,24). The molecule has 0 heterocycles. The molecule has 0 radical (unpaired) electrons. The molecule has 0 atom stereocenters. The maximum atomic E-state index is 10.9. The Morgan fingerprint density at radius 3 is 2.46 bits per heavy atom. The molecule has 1 aliphatic rings. The van der Waals surface area contributed by atoms with Crippen LogP contribution in [0.4, 0.5) is 0 Å². The Hall–Kier alpha value is -2.69. The van der Waals surface area contributed by atoms with Crippen LogP contribution in [0.3, 0.4) is 0 Å². The van der Waals surface area contributed by atoms with Crippen molar-refractivity contribution in [2.75, 3.05) is 13.2 Å². The molecule has 26 heavy (non-hydrogen) atoms. The van der Waals surface area contributed by atoms with Gasteiger partial charge in [-0.2, -0.15) is 0 Å². The van der Waals surface area contributed by atoms with Gasteiger partial charge in [0.1, 0.15) is 36.0 Å². The number of phenols is 1. The van der Waals surface area contributed by atoms with Gasteiger partial charge in [-0.25, -0.2) is 4.79 Å². The highest BCUT2D eigenvalue weighted by Gasteiger charge is 2.18. The molecule has 5 nitrogen and oxygen atoms in total. The van der Waals surface area contributed by atoms with Crippen molar-refractivity contribution in [2.24, 2.45) is 0 Å². The van der Waals surface area contributed by atoms with Crippen molar-refractivity contribution in [2.45, 2.75) is 38.0 Å². The smallest absolute Gasteiger partial charge is 0.339 e. The molecule has 2 aromatic carbocycles. The lowest BCUT2D eigenvalue weighted by Gasteiger charge is -2.24. The average Bonchev–Trinajstić information content (AvgIpc) is 2.66. The highest BCUT2D eigenvalue weighted by atomic mass is 16.5. The Kier molecular flexibility index (Phi) is 6.00. The highest BCUT2D eigenvalue weighted by Crippen LogP contribution is 2.37. The normalized spacial score (nSPS) is 14.8. The number of carboxylic acids is 1. The van der Waals surface area contributed by atoms with Crippen LogP contribution in [0, 0.1) is 0 Å². The summed E-state index contributed by atoms with van der Waals surface area (Å²) >= 11 is 0. The molecular weight excluding hydrogens is 332 g/mol. The van der Waals surface area contributed by atoms with Crippen LogP contribution < -0.4 is 9.47 Å². The number of ether oxygens (including phenoxy) is 2. The predicted octanol–water partition coefficient (Wildman–Crippen LogP) is 4.60. The molecule has 3 rings (SSSR count). The van der Waals surface area contributed by atoms with Crippen molar-refractivity contribution >= 4 is 5.97 Å². The number of aromatic hydroxyl groups is 1. The van der Waals surface area contributed by atoms with Crippen LogP contribution in [0.25, 0.3) is 0 Å². The SMILES string of the molecule is O=C(O)c1ccc(OCCOc2ccccc2C2CCCCC2)cc1O. The van der Waals surface area contributed by atoms with E-state index in [0.29, 0.717) is 24.9 Å². The lowest BCUT2D eigenvalue weighted by Crippen LogP contribution is -2.12. The van der Waals surface area contributed by atoms with Gasteiger partial charge >= 0.3 is 5.97 Å². The molecule has 0 unspecified atom stereocenters. The van der Waals surface area contributed by atoms with E-state index in [1.165, 1.54) is 55.9 Å². The van der Waals surface area contributed by atoms with Crippen LogP contribution in [0.2, 0.25) is 0 Å². The number of rotatable bonds is 7. The van der Waals surface area contributed by atoms with Crippen LogP contribution in [-0.4, -0.2) is 29.4 Å². The molecule has 138 valence electrons. The minimum atomic E-state index is -1.17. The average molecular weight is 356 g/mol. The second kappa shape index (κ2) is 8.61. The van der Waals surface area contributed by atoms with Crippen molar-refractivity contribution in [3.8, 4) is 17.2 Å². The van der Waals surface area contributed by atoms with Crippen molar-refractivity contribution < 1.29 is 24.5 Å². The van der Waals surface area contributed by atoms with Crippen molar-refractivity contribution in [3.63, 3.8) is 0 Å². The third-order valence-corrected chi connectivity index (χ3v) is 4.77. The fourth-order valence-electron chi connectivity index (χ4n) is 3.46. The number of para-hydroxylation sites is 1. The van der Waals surface area contributed by atoms with Crippen LogP contribution in [0.5, 0.6) is 17.2 Å². The molecule has 1 fully saturated rings. The third-order valence-electron chi connectivity index (χ3n) is 4.77. The van der Waals surface area contributed by atoms with E-state index in [1.54, 1.807) is 0 Å².